The molecule has 1 heterocycles. The van der Waals surface area contributed by atoms with Gasteiger partial charge >= 0.3 is 0 Å². The summed E-state index contributed by atoms with van der Waals surface area (Å²) in [6.07, 6.45) is 1.25. The minimum absolute atomic E-state index is 0.0966. The lowest BCUT2D eigenvalue weighted by atomic mass is 10.2. The zero-order valence-corrected chi connectivity index (χ0v) is 19.5. The molecule has 0 unspecified atom stereocenters. The quantitative estimate of drug-likeness (QED) is 0.532. The Balaban J connectivity index is 1.76. The Morgan fingerprint density at radius 3 is 2.16 bits per heavy atom. The number of nitrogens with zero attached hydrogens (tertiary/aromatic N) is 1. The number of hydrogen-bond donors (Lipinski definition) is 1. The highest BCUT2D eigenvalue weighted by molar-refractivity contribution is 7.90. The van der Waals surface area contributed by atoms with Crippen LogP contribution in [0, 0.1) is 0 Å². The van der Waals surface area contributed by atoms with Crippen LogP contribution in [0.4, 0.5) is 5.69 Å². The first-order valence-corrected chi connectivity index (χ1v) is 12.9. The van der Waals surface area contributed by atoms with Crippen molar-refractivity contribution in [3.63, 3.8) is 0 Å². The van der Waals surface area contributed by atoms with E-state index in [1.54, 1.807) is 32.0 Å². The molecule has 0 spiro atoms. The third-order valence-electron chi connectivity index (χ3n) is 4.92. The van der Waals surface area contributed by atoms with Gasteiger partial charge in [0.05, 0.1) is 21.8 Å². The van der Waals surface area contributed by atoms with Gasteiger partial charge < -0.3 is 9.73 Å². The van der Waals surface area contributed by atoms with Crippen molar-refractivity contribution in [2.75, 3.05) is 12.4 Å². The third kappa shape index (κ3) is 5.09. The summed E-state index contributed by atoms with van der Waals surface area (Å²) in [5.41, 5.74) is 0.568. The number of furan rings is 1. The highest BCUT2D eigenvalue weighted by Gasteiger charge is 2.24. The molecule has 3 rings (SSSR count). The lowest BCUT2D eigenvalue weighted by molar-refractivity contribution is 0.0995. The van der Waals surface area contributed by atoms with Gasteiger partial charge in [-0.15, -0.1) is 0 Å². The molecule has 3 aromatic rings. The van der Waals surface area contributed by atoms with E-state index in [0.717, 1.165) is 0 Å². The molecule has 2 aromatic carbocycles. The lowest BCUT2D eigenvalue weighted by Gasteiger charge is -2.21. The molecule has 0 saturated heterocycles. The molecule has 32 heavy (non-hydrogen) atoms. The summed E-state index contributed by atoms with van der Waals surface area (Å²) in [4.78, 5) is 12.9. The fraction of sp³-hybridized carbons (Fsp3) is 0.227. The first kappa shape index (κ1) is 23.7. The van der Waals surface area contributed by atoms with E-state index in [9.17, 15) is 21.6 Å². The maximum Gasteiger partial charge on any atom is 0.291 e. The SMILES string of the molecule is CC(C)N(C)S(=O)(=O)c1ccc(NC(=O)c2occc2CS(=O)(=O)c2ccccc2)cc1. The highest BCUT2D eigenvalue weighted by atomic mass is 32.2. The average Bonchev–Trinajstić information content (AvgIpc) is 3.21. The fourth-order valence-corrected chi connectivity index (χ4v) is 5.65. The van der Waals surface area contributed by atoms with Crippen molar-refractivity contribution < 1.29 is 26.0 Å². The minimum Gasteiger partial charge on any atom is -0.459 e. The number of rotatable bonds is 8. The smallest absolute Gasteiger partial charge is 0.291 e. The van der Waals surface area contributed by atoms with E-state index in [2.05, 4.69) is 5.32 Å². The summed E-state index contributed by atoms with van der Waals surface area (Å²) in [5.74, 6) is -1.15. The predicted octanol–water partition coefficient (Wildman–Crippen LogP) is 3.53. The van der Waals surface area contributed by atoms with Crippen molar-refractivity contribution in [1.82, 2.24) is 4.31 Å². The van der Waals surface area contributed by atoms with Crippen LogP contribution in [0.1, 0.15) is 30.0 Å². The number of hydrogen-bond acceptors (Lipinski definition) is 6. The lowest BCUT2D eigenvalue weighted by Crippen LogP contribution is -2.33. The molecule has 0 aliphatic rings. The number of sulfone groups is 1. The van der Waals surface area contributed by atoms with Gasteiger partial charge in [-0.2, -0.15) is 4.31 Å². The van der Waals surface area contributed by atoms with Crippen LogP contribution in [0.3, 0.4) is 0 Å². The van der Waals surface area contributed by atoms with Gasteiger partial charge in [0.25, 0.3) is 5.91 Å². The standard InChI is InChI=1S/C22H24N2O6S2/c1-16(2)24(3)32(28,29)20-11-9-18(10-12-20)23-22(25)21-17(13-14-30-21)15-31(26,27)19-7-5-4-6-8-19/h4-14,16H,15H2,1-3H3,(H,23,25). The molecule has 0 atom stereocenters. The second kappa shape index (κ2) is 9.27. The number of sulfonamides is 1. The van der Waals surface area contributed by atoms with E-state index >= 15 is 0 Å². The second-order valence-electron chi connectivity index (χ2n) is 7.44. The van der Waals surface area contributed by atoms with Gasteiger partial charge in [-0.05, 0) is 56.3 Å². The van der Waals surface area contributed by atoms with Gasteiger partial charge in [-0.3, -0.25) is 4.79 Å². The molecule has 0 radical (unpaired) electrons. The first-order chi connectivity index (χ1) is 15.0. The molecule has 1 amide bonds. The Morgan fingerprint density at radius 2 is 1.56 bits per heavy atom. The van der Waals surface area contributed by atoms with Gasteiger partial charge in [0.2, 0.25) is 10.0 Å². The van der Waals surface area contributed by atoms with Crippen molar-refractivity contribution in [2.45, 2.75) is 35.4 Å². The largest absolute Gasteiger partial charge is 0.459 e. The van der Waals surface area contributed by atoms with Crippen LogP contribution >= 0.6 is 0 Å². The van der Waals surface area contributed by atoms with Crippen LogP contribution in [0.2, 0.25) is 0 Å². The van der Waals surface area contributed by atoms with Crippen molar-refractivity contribution in [1.29, 1.82) is 0 Å². The van der Waals surface area contributed by atoms with Crippen LogP contribution in [0.5, 0.6) is 0 Å². The molecule has 0 fully saturated rings. The topological polar surface area (TPSA) is 114 Å². The molecule has 8 nitrogen and oxygen atoms in total. The first-order valence-electron chi connectivity index (χ1n) is 9.76. The third-order valence-corrected chi connectivity index (χ3v) is 8.65. The zero-order valence-electron chi connectivity index (χ0n) is 17.8. The maximum absolute atomic E-state index is 12.7. The normalized spacial score (nSPS) is 12.3. The van der Waals surface area contributed by atoms with E-state index in [1.807, 2.05) is 0 Å². The Labute approximate surface area is 187 Å². The average molecular weight is 477 g/mol. The second-order valence-corrected chi connectivity index (χ2v) is 11.4. The molecule has 1 aromatic heterocycles. The van der Waals surface area contributed by atoms with E-state index < -0.39 is 31.5 Å². The predicted molar refractivity (Wildman–Crippen MR) is 121 cm³/mol. The molecule has 0 saturated carbocycles. The summed E-state index contributed by atoms with van der Waals surface area (Å²) in [6.45, 7) is 3.54. The summed E-state index contributed by atoms with van der Waals surface area (Å²) >= 11 is 0. The number of amides is 1. The minimum atomic E-state index is -3.66. The van der Waals surface area contributed by atoms with E-state index in [1.165, 1.54) is 60.1 Å². The Kier molecular flexibility index (Phi) is 6.87. The van der Waals surface area contributed by atoms with Gasteiger partial charge in [0.1, 0.15) is 0 Å². The van der Waals surface area contributed by atoms with E-state index in [4.69, 9.17) is 4.42 Å². The van der Waals surface area contributed by atoms with Crippen LogP contribution in [-0.2, 0) is 25.6 Å². The van der Waals surface area contributed by atoms with Gasteiger partial charge in [-0.1, -0.05) is 18.2 Å². The molecule has 0 aliphatic heterocycles. The summed E-state index contributed by atoms with van der Waals surface area (Å²) in [6, 6.07) is 14.9. The van der Waals surface area contributed by atoms with Crippen molar-refractivity contribution in [2.24, 2.45) is 0 Å². The van der Waals surface area contributed by atoms with Gasteiger partial charge in [0.15, 0.2) is 15.6 Å². The van der Waals surface area contributed by atoms with E-state index in [-0.39, 0.29) is 27.2 Å². The van der Waals surface area contributed by atoms with Crippen LogP contribution in [-0.4, -0.2) is 40.1 Å². The number of carbonyl (C=O) groups excluding carboxylic acids is 1. The van der Waals surface area contributed by atoms with Crippen LogP contribution in [0.25, 0.3) is 0 Å². The maximum atomic E-state index is 12.7. The Morgan fingerprint density at radius 1 is 0.938 bits per heavy atom. The van der Waals surface area contributed by atoms with Crippen molar-refractivity contribution >= 4 is 31.5 Å². The molecule has 0 aliphatic carbocycles. The molecular weight excluding hydrogens is 452 g/mol. The number of benzene rings is 2. The number of nitrogens with one attached hydrogen (secondary N) is 1. The molecule has 0 bridgehead atoms. The number of carbonyl (C=O) groups is 1. The Hall–Kier alpha value is -2.95. The molecule has 10 heteroatoms. The van der Waals surface area contributed by atoms with Crippen LogP contribution in [0.15, 0.2) is 81.1 Å². The Bertz CT molecular complexity index is 1300. The van der Waals surface area contributed by atoms with Crippen molar-refractivity contribution in [3.05, 3.63) is 78.3 Å². The van der Waals surface area contributed by atoms with Crippen molar-refractivity contribution in [3.8, 4) is 0 Å². The molecule has 170 valence electrons. The monoisotopic (exact) mass is 476 g/mol. The zero-order chi connectivity index (χ0) is 23.5. The summed E-state index contributed by atoms with van der Waals surface area (Å²) in [7, 11) is -5.81. The van der Waals surface area contributed by atoms with E-state index in [0.29, 0.717) is 5.69 Å². The summed E-state index contributed by atoms with van der Waals surface area (Å²) in [5, 5.41) is 2.60. The van der Waals surface area contributed by atoms with Gasteiger partial charge in [0, 0.05) is 24.3 Å². The molecule has 1 N–H and O–H groups in total. The fourth-order valence-electron chi connectivity index (χ4n) is 2.91. The molecular formula is C22H24N2O6S2. The highest BCUT2D eigenvalue weighted by Crippen LogP contribution is 2.22. The van der Waals surface area contributed by atoms with Gasteiger partial charge in [-0.25, -0.2) is 16.8 Å². The number of anilines is 1. The van der Waals surface area contributed by atoms with Crippen LogP contribution < -0.4 is 5.32 Å². The summed E-state index contributed by atoms with van der Waals surface area (Å²) < 4.78 is 56.9.